The summed E-state index contributed by atoms with van der Waals surface area (Å²) in [6.07, 6.45) is 0. The lowest BCUT2D eigenvalue weighted by molar-refractivity contribution is 0.0734. The second kappa shape index (κ2) is 5.57. The molecule has 0 fully saturated rings. The van der Waals surface area contributed by atoms with Gasteiger partial charge in [0, 0.05) is 0 Å². The first-order valence-corrected chi connectivity index (χ1v) is 6.03. The fourth-order valence-corrected chi connectivity index (χ4v) is 1.78. The number of ether oxygens (including phenoxy) is 2. The van der Waals surface area contributed by atoms with E-state index in [4.69, 9.17) is 9.47 Å². The number of rotatable bonds is 3. The van der Waals surface area contributed by atoms with E-state index in [1.807, 2.05) is 26.0 Å². The van der Waals surface area contributed by atoms with Gasteiger partial charge < -0.3 is 9.47 Å². The summed E-state index contributed by atoms with van der Waals surface area (Å²) in [5, 5.41) is 0. The predicted octanol–water partition coefficient (Wildman–Crippen LogP) is 3.53. The highest BCUT2D eigenvalue weighted by atomic mass is 16.5. The van der Waals surface area contributed by atoms with Gasteiger partial charge in [-0.15, -0.1) is 0 Å². The maximum absolute atomic E-state index is 12.0. The van der Waals surface area contributed by atoms with Crippen molar-refractivity contribution < 1.29 is 14.3 Å². The number of hydrogen-bond acceptors (Lipinski definition) is 3. The number of esters is 1. The van der Waals surface area contributed by atoms with Crippen molar-refractivity contribution in [2.75, 3.05) is 7.11 Å². The second-order valence-corrected chi connectivity index (χ2v) is 4.39. The zero-order valence-corrected chi connectivity index (χ0v) is 11.3. The Kier molecular flexibility index (Phi) is 3.85. The van der Waals surface area contributed by atoms with E-state index < -0.39 is 0 Å². The molecular formula is C16H16O3. The molecule has 2 aromatic carbocycles. The van der Waals surface area contributed by atoms with Gasteiger partial charge >= 0.3 is 5.97 Å². The molecule has 2 rings (SSSR count). The SMILES string of the molecule is COc1ccc(C(=O)Oc2ccc(C)cc2)cc1C. The molecule has 0 unspecified atom stereocenters. The first-order valence-electron chi connectivity index (χ1n) is 6.03. The quantitative estimate of drug-likeness (QED) is 0.622. The Balaban J connectivity index is 2.16. The summed E-state index contributed by atoms with van der Waals surface area (Å²) in [5.74, 6) is 0.936. The molecule has 0 N–H and O–H groups in total. The molecule has 2 aromatic rings. The molecular weight excluding hydrogens is 240 g/mol. The monoisotopic (exact) mass is 256 g/mol. The van der Waals surface area contributed by atoms with Crippen LogP contribution >= 0.6 is 0 Å². The molecule has 0 aromatic heterocycles. The average molecular weight is 256 g/mol. The molecule has 0 spiro atoms. The van der Waals surface area contributed by atoms with E-state index in [0.29, 0.717) is 11.3 Å². The van der Waals surface area contributed by atoms with Gasteiger partial charge in [-0.05, 0) is 49.7 Å². The van der Waals surface area contributed by atoms with Gasteiger partial charge in [0.15, 0.2) is 0 Å². The Bertz CT molecular complexity index is 585. The van der Waals surface area contributed by atoms with Crippen LogP contribution in [0.15, 0.2) is 42.5 Å². The highest BCUT2D eigenvalue weighted by Crippen LogP contribution is 2.20. The highest BCUT2D eigenvalue weighted by molar-refractivity contribution is 5.91. The van der Waals surface area contributed by atoms with Gasteiger partial charge in [-0.1, -0.05) is 17.7 Å². The maximum atomic E-state index is 12.0. The van der Waals surface area contributed by atoms with E-state index in [2.05, 4.69) is 0 Å². The van der Waals surface area contributed by atoms with Gasteiger partial charge in [-0.2, -0.15) is 0 Å². The van der Waals surface area contributed by atoms with Gasteiger partial charge in [-0.25, -0.2) is 4.79 Å². The lowest BCUT2D eigenvalue weighted by Gasteiger charge is -2.08. The van der Waals surface area contributed by atoms with E-state index in [-0.39, 0.29) is 5.97 Å². The molecule has 0 saturated carbocycles. The van der Waals surface area contributed by atoms with Gasteiger partial charge in [0.1, 0.15) is 11.5 Å². The Hall–Kier alpha value is -2.29. The number of aryl methyl sites for hydroxylation is 2. The van der Waals surface area contributed by atoms with Crippen molar-refractivity contribution >= 4 is 5.97 Å². The van der Waals surface area contributed by atoms with Gasteiger partial charge in [-0.3, -0.25) is 0 Å². The number of benzene rings is 2. The summed E-state index contributed by atoms with van der Waals surface area (Å²) in [6, 6.07) is 12.6. The summed E-state index contributed by atoms with van der Waals surface area (Å²) < 4.78 is 10.5. The molecule has 0 bridgehead atoms. The molecule has 0 amide bonds. The fourth-order valence-electron chi connectivity index (χ4n) is 1.78. The third-order valence-electron chi connectivity index (χ3n) is 2.86. The average Bonchev–Trinajstić information content (AvgIpc) is 2.41. The third-order valence-corrected chi connectivity index (χ3v) is 2.86. The Morgan fingerprint density at radius 3 is 2.26 bits per heavy atom. The molecule has 98 valence electrons. The summed E-state index contributed by atoms with van der Waals surface area (Å²) in [5.41, 5.74) is 2.54. The van der Waals surface area contributed by atoms with Crippen molar-refractivity contribution in [1.29, 1.82) is 0 Å². The standard InChI is InChI=1S/C16H16O3/c1-11-4-7-14(8-5-11)19-16(17)13-6-9-15(18-3)12(2)10-13/h4-10H,1-3H3. The highest BCUT2D eigenvalue weighted by Gasteiger charge is 2.10. The maximum Gasteiger partial charge on any atom is 0.343 e. The Morgan fingerprint density at radius 2 is 1.68 bits per heavy atom. The number of carbonyl (C=O) groups is 1. The minimum absolute atomic E-state index is 0.366. The van der Waals surface area contributed by atoms with Crippen LogP contribution in [0.3, 0.4) is 0 Å². The van der Waals surface area contributed by atoms with E-state index in [9.17, 15) is 4.79 Å². The number of hydrogen-bond donors (Lipinski definition) is 0. The summed E-state index contributed by atoms with van der Waals surface area (Å²) >= 11 is 0. The van der Waals surface area contributed by atoms with Crippen LogP contribution in [0.4, 0.5) is 0 Å². The molecule has 0 atom stereocenters. The molecule has 0 aliphatic carbocycles. The molecule has 0 radical (unpaired) electrons. The van der Waals surface area contributed by atoms with Crippen LogP contribution in [-0.4, -0.2) is 13.1 Å². The van der Waals surface area contributed by atoms with Crippen LogP contribution in [0.5, 0.6) is 11.5 Å². The van der Waals surface area contributed by atoms with Crippen molar-refractivity contribution in [3.05, 3.63) is 59.2 Å². The third kappa shape index (κ3) is 3.13. The smallest absolute Gasteiger partial charge is 0.343 e. The van der Waals surface area contributed by atoms with Crippen LogP contribution in [0.2, 0.25) is 0 Å². The molecule has 0 aliphatic rings. The van der Waals surface area contributed by atoms with Crippen LogP contribution in [0.25, 0.3) is 0 Å². The van der Waals surface area contributed by atoms with Crippen LogP contribution in [0, 0.1) is 13.8 Å². The Morgan fingerprint density at radius 1 is 1.00 bits per heavy atom. The first-order chi connectivity index (χ1) is 9.10. The van der Waals surface area contributed by atoms with E-state index in [1.165, 1.54) is 0 Å². The molecule has 3 heteroatoms. The summed E-state index contributed by atoms with van der Waals surface area (Å²) in [6.45, 7) is 3.87. The molecule has 0 saturated heterocycles. The minimum atomic E-state index is -0.366. The zero-order chi connectivity index (χ0) is 13.8. The van der Waals surface area contributed by atoms with Gasteiger partial charge in [0.05, 0.1) is 12.7 Å². The van der Waals surface area contributed by atoms with Gasteiger partial charge in [0.25, 0.3) is 0 Å². The Labute approximate surface area is 112 Å². The minimum Gasteiger partial charge on any atom is -0.496 e. The predicted molar refractivity (Wildman–Crippen MR) is 73.9 cm³/mol. The summed E-state index contributed by atoms with van der Waals surface area (Å²) in [7, 11) is 1.60. The normalized spacial score (nSPS) is 10.1. The van der Waals surface area contributed by atoms with Crippen molar-refractivity contribution in [2.24, 2.45) is 0 Å². The van der Waals surface area contributed by atoms with Crippen LogP contribution in [0.1, 0.15) is 21.5 Å². The lowest BCUT2D eigenvalue weighted by atomic mass is 10.1. The topological polar surface area (TPSA) is 35.5 Å². The van der Waals surface area contributed by atoms with E-state index >= 15 is 0 Å². The fraction of sp³-hybridized carbons (Fsp3) is 0.188. The lowest BCUT2D eigenvalue weighted by Crippen LogP contribution is -2.08. The molecule has 0 aliphatic heterocycles. The number of methoxy groups -OCH3 is 1. The molecule has 0 heterocycles. The van der Waals surface area contributed by atoms with Crippen LogP contribution < -0.4 is 9.47 Å². The molecule has 3 nitrogen and oxygen atoms in total. The molecule has 19 heavy (non-hydrogen) atoms. The first kappa shape index (κ1) is 13.1. The zero-order valence-electron chi connectivity index (χ0n) is 11.3. The van der Waals surface area contributed by atoms with E-state index in [1.54, 1.807) is 37.4 Å². The van der Waals surface area contributed by atoms with Crippen molar-refractivity contribution in [3.8, 4) is 11.5 Å². The van der Waals surface area contributed by atoms with Crippen molar-refractivity contribution in [3.63, 3.8) is 0 Å². The largest absolute Gasteiger partial charge is 0.496 e. The second-order valence-electron chi connectivity index (χ2n) is 4.39. The van der Waals surface area contributed by atoms with Crippen LogP contribution in [-0.2, 0) is 0 Å². The van der Waals surface area contributed by atoms with Gasteiger partial charge in [0.2, 0.25) is 0 Å². The van der Waals surface area contributed by atoms with Crippen molar-refractivity contribution in [2.45, 2.75) is 13.8 Å². The van der Waals surface area contributed by atoms with E-state index in [0.717, 1.165) is 16.9 Å². The number of carbonyl (C=O) groups excluding carboxylic acids is 1. The summed E-state index contributed by atoms with van der Waals surface area (Å²) in [4.78, 5) is 12.0. The van der Waals surface area contributed by atoms with Crippen molar-refractivity contribution in [1.82, 2.24) is 0 Å².